The average molecular weight is 359 g/mol. The molecule has 2 amide bonds. The number of carbonyl (C=O) groups excluding carboxylic acids is 2. The van der Waals surface area contributed by atoms with Crippen molar-refractivity contribution in [2.75, 3.05) is 40.3 Å². The van der Waals surface area contributed by atoms with Gasteiger partial charge < -0.3 is 15.0 Å². The van der Waals surface area contributed by atoms with Gasteiger partial charge in [-0.1, -0.05) is 25.0 Å². The molecule has 6 heteroatoms. The molecular weight excluding hydrogens is 330 g/mol. The lowest BCUT2D eigenvalue weighted by molar-refractivity contribution is -0.128. The van der Waals surface area contributed by atoms with Crippen LogP contribution in [0.1, 0.15) is 36.0 Å². The van der Waals surface area contributed by atoms with Gasteiger partial charge in [-0.15, -0.1) is 0 Å². The van der Waals surface area contributed by atoms with E-state index in [0.717, 1.165) is 25.9 Å². The fraction of sp³-hybridized carbons (Fsp3) is 0.600. The number of piperazine rings is 1. The minimum atomic E-state index is -0.0639. The highest BCUT2D eigenvalue weighted by molar-refractivity contribution is 5.97. The lowest BCUT2D eigenvalue weighted by Gasteiger charge is -2.40. The summed E-state index contributed by atoms with van der Waals surface area (Å²) in [6, 6.07) is 7.27. The number of rotatable bonds is 5. The SMILES string of the molecule is CNC(=O)[C@H](C1CCCC1)N1CCN(C(=O)c2ccccc2OC)CC1. The summed E-state index contributed by atoms with van der Waals surface area (Å²) in [4.78, 5) is 29.4. The number of nitrogens with zero attached hydrogens (tertiary/aromatic N) is 2. The van der Waals surface area contributed by atoms with Crippen LogP contribution in [0.4, 0.5) is 0 Å². The van der Waals surface area contributed by atoms with Gasteiger partial charge >= 0.3 is 0 Å². The summed E-state index contributed by atoms with van der Waals surface area (Å²) < 4.78 is 5.32. The minimum absolute atomic E-state index is 0.000501. The number of likely N-dealkylation sites (N-methyl/N-ethyl adjacent to an activating group) is 1. The summed E-state index contributed by atoms with van der Waals surface area (Å²) in [5, 5.41) is 2.84. The molecule has 1 atom stereocenters. The zero-order chi connectivity index (χ0) is 18.5. The zero-order valence-corrected chi connectivity index (χ0v) is 15.7. The van der Waals surface area contributed by atoms with Crippen LogP contribution in [-0.2, 0) is 4.79 Å². The molecule has 2 aliphatic rings. The molecule has 1 aromatic rings. The van der Waals surface area contributed by atoms with E-state index in [0.29, 0.717) is 30.3 Å². The number of para-hydroxylation sites is 1. The van der Waals surface area contributed by atoms with E-state index in [1.54, 1.807) is 20.2 Å². The van der Waals surface area contributed by atoms with Gasteiger partial charge in [-0.25, -0.2) is 0 Å². The Morgan fingerprint density at radius 3 is 2.38 bits per heavy atom. The molecule has 142 valence electrons. The second kappa shape index (κ2) is 8.54. The highest BCUT2D eigenvalue weighted by Crippen LogP contribution is 2.31. The Bertz CT molecular complexity index is 635. The number of nitrogens with one attached hydrogen (secondary N) is 1. The van der Waals surface area contributed by atoms with Crippen molar-refractivity contribution in [3.63, 3.8) is 0 Å². The van der Waals surface area contributed by atoms with Gasteiger partial charge in [0, 0.05) is 33.2 Å². The van der Waals surface area contributed by atoms with Gasteiger partial charge in [-0.3, -0.25) is 14.5 Å². The quantitative estimate of drug-likeness (QED) is 0.870. The minimum Gasteiger partial charge on any atom is -0.496 e. The summed E-state index contributed by atoms with van der Waals surface area (Å²) in [5.41, 5.74) is 0.599. The third kappa shape index (κ3) is 3.85. The summed E-state index contributed by atoms with van der Waals surface area (Å²) in [6.45, 7) is 2.74. The van der Waals surface area contributed by atoms with Crippen LogP contribution < -0.4 is 10.1 Å². The number of amides is 2. The highest BCUT2D eigenvalue weighted by atomic mass is 16.5. The van der Waals surface area contributed by atoms with Gasteiger partial charge in [-0.2, -0.15) is 0 Å². The maximum atomic E-state index is 12.9. The second-order valence-corrected chi connectivity index (χ2v) is 7.13. The van der Waals surface area contributed by atoms with E-state index in [4.69, 9.17) is 4.74 Å². The molecule has 0 spiro atoms. The Morgan fingerprint density at radius 2 is 1.77 bits per heavy atom. The third-order valence-corrected chi connectivity index (χ3v) is 5.69. The predicted octanol–water partition coefficient (Wildman–Crippen LogP) is 1.76. The third-order valence-electron chi connectivity index (χ3n) is 5.69. The van der Waals surface area contributed by atoms with Gasteiger partial charge in [0.2, 0.25) is 5.91 Å². The van der Waals surface area contributed by atoms with E-state index in [1.165, 1.54) is 12.8 Å². The normalized spacial score (nSPS) is 20.0. The molecule has 1 saturated heterocycles. The van der Waals surface area contributed by atoms with Crippen LogP contribution in [0.5, 0.6) is 5.75 Å². The van der Waals surface area contributed by atoms with E-state index in [-0.39, 0.29) is 17.9 Å². The van der Waals surface area contributed by atoms with E-state index < -0.39 is 0 Å². The largest absolute Gasteiger partial charge is 0.496 e. The van der Waals surface area contributed by atoms with Crippen molar-refractivity contribution < 1.29 is 14.3 Å². The molecular formula is C20H29N3O3. The lowest BCUT2D eigenvalue weighted by Crippen LogP contribution is -2.57. The van der Waals surface area contributed by atoms with Crippen LogP contribution in [0, 0.1) is 5.92 Å². The van der Waals surface area contributed by atoms with Crippen molar-refractivity contribution in [2.24, 2.45) is 5.92 Å². The monoisotopic (exact) mass is 359 g/mol. The fourth-order valence-electron chi connectivity index (χ4n) is 4.29. The molecule has 0 unspecified atom stereocenters. The molecule has 0 aromatic heterocycles. The van der Waals surface area contributed by atoms with Crippen LogP contribution >= 0.6 is 0 Å². The summed E-state index contributed by atoms with van der Waals surface area (Å²) in [5.74, 6) is 1.15. The number of carbonyl (C=O) groups is 2. The van der Waals surface area contributed by atoms with Crippen LogP contribution in [0.25, 0.3) is 0 Å². The first-order valence-corrected chi connectivity index (χ1v) is 9.53. The van der Waals surface area contributed by atoms with E-state index in [9.17, 15) is 9.59 Å². The predicted molar refractivity (Wildman–Crippen MR) is 100 cm³/mol. The first-order valence-electron chi connectivity index (χ1n) is 9.53. The average Bonchev–Trinajstić information content (AvgIpc) is 3.22. The van der Waals surface area contributed by atoms with Gasteiger partial charge in [0.25, 0.3) is 5.91 Å². The fourth-order valence-corrected chi connectivity index (χ4v) is 4.29. The van der Waals surface area contributed by atoms with Gasteiger partial charge in [0.05, 0.1) is 18.7 Å². The topological polar surface area (TPSA) is 61.9 Å². The van der Waals surface area contributed by atoms with Crippen LogP contribution in [0.3, 0.4) is 0 Å². The molecule has 2 fully saturated rings. The zero-order valence-electron chi connectivity index (χ0n) is 15.7. The van der Waals surface area contributed by atoms with Crippen molar-refractivity contribution in [2.45, 2.75) is 31.7 Å². The maximum Gasteiger partial charge on any atom is 0.257 e. The van der Waals surface area contributed by atoms with Crippen molar-refractivity contribution in [3.8, 4) is 5.75 Å². The molecule has 1 saturated carbocycles. The number of hydrogen-bond acceptors (Lipinski definition) is 4. The summed E-state index contributed by atoms with van der Waals surface area (Å²) in [6.07, 6.45) is 4.67. The Labute approximate surface area is 155 Å². The highest BCUT2D eigenvalue weighted by Gasteiger charge is 2.37. The van der Waals surface area contributed by atoms with Crippen LogP contribution in [-0.4, -0.2) is 68.0 Å². The van der Waals surface area contributed by atoms with Crippen LogP contribution in [0.2, 0.25) is 0 Å². The number of methoxy groups -OCH3 is 1. The van der Waals surface area contributed by atoms with Crippen molar-refractivity contribution in [1.29, 1.82) is 0 Å². The maximum absolute atomic E-state index is 12.9. The smallest absolute Gasteiger partial charge is 0.257 e. The second-order valence-electron chi connectivity index (χ2n) is 7.13. The number of hydrogen-bond donors (Lipinski definition) is 1. The first kappa shape index (κ1) is 18.7. The molecule has 0 radical (unpaired) electrons. The standard InChI is InChI=1S/C20H29N3O3/c1-21-19(24)18(15-7-3-4-8-15)22-11-13-23(14-12-22)20(25)16-9-5-6-10-17(16)26-2/h5-6,9-10,15,18H,3-4,7-8,11-14H2,1-2H3,(H,21,24)/t18-/m0/s1. The van der Waals surface area contributed by atoms with Crippen molar-refractivity contribution in [3.05, 3.63) is 29.8 Å². The molecule has 1 aliphatic carbocycles. The molecule has 1 heterocycles. The van der Waals surface area contributed by atoms with E-state index in [2.05, 4.69) is 10.2 Å². The first-order chi connectivity index (χ1) is 12.7. The molecule has 1 N–H and O–H groups in total. The molecule has 6 nitrogen and oxygen atoms in total. The molecule has 3 rings (SSSR count). The Morgan fingerprint density at radius 1 is 1.12 bits per heavy atom. The molecule has 26 heavy (non-hydrogen) atoms. The number of ether oxygens (including phenoxy) is 1. The molecule has 0 bridgehead atoms. The van der Waals surface area contributed by atoms with Crippen molar-refractivity contribution >= 4 is 11.8 Å². The van der Waals surface area contributed by atoms with Gasteiger partial charge in [-0.05, 0) is 30.9 Å². The summed E-state index contributed by atoms with van der Waals surface area (Å²) in [7, 11) is 3.30. The van der Waals surface area contributed by atoms with E-state index in [1.807, 2.05) is 23.1 Å². The number of benzene rings is 1. The molecule has 1 aliphatic heterocycles. The Balaban J connectivity index is 1.65. The van der Waals surface area contributed by atoms with E-state index >= 15 is 0 Å². The lowest BCUT2D eigenvalue weighted by atomic mass is 9.95. The van der Waals surface area contributed by atoms with Gasteiger partial charge in [0.15, 0.2) is 0 Å². The Hall–Kier alpha value is -2.08. The van der Waals surface area contributed by atoms with Crippen LogP contribution in [0.15, 0.2) is 24.3 Å². The summed E-state index contributed by atoms with van der Waals surface area (Å²) >= 11 is 0. The van der Waals surface area contributed by atoms with Crippen molar-refractivity contribution in [1.82, 2.24) is 15.1 Å². The Kier molecular flexibility index (Phi) is 6.14. The molecule has 1 aromatic carbocycles. The van der Waals surface area contributed by atoms with Gasteiger partial charge in [0.1, 0.15) is 5.75 Å².